The SMILES string of the molecule is COC(=O)c1sccc1S(=O)(=O)CC1(NC(=O)OC(C)(C)C)CC1. The minimum absolute atomic E-state index is 0.0468. The van der Waals surface area contributed by atoms with Crippen LogP contribution in [0.25, 0.3) is 0 Å². The van der Waals surface area contributed by atoms with Gasteiger partial charge in [0.2, 0.25) is 0 Å². The van der Waals surface area contributed by atoms with Crippen LogP contribution in [0.2, 0.25) is 0 Å². The second-order valence-electron chi connectivity index (χ2n) is 6.77. The van der Waals surface area contributed by atoms with Gasteiger partial charge in [-0.05, 0) is 45.1 Å². The van der Waals surface area contributed by atoms with E-state index in [-0.39, 0.29) is 15.5 Å². The average molecular weight is 375 g/mol. The second-order valence-corrected chi connectivity index (χ2v) is 9.65. The Bertz CT molecular complexity index is 740. The van der Waals surface area contributed by atoms with Crippen molar-refractivity contribution in [2.45, 2.75) is 49.6 Å². The Kier molecular flexibility index (Phi) is 4.96. The zero-order valence-corrected chi connectivity index (χ0v) is 15.7. The molecular weight excluding hydrogens is 354 g/mol. The Morgan fingerprint density at radius 1 is 1.33 bits per heavy atom. The number of alkyl carbamates (subject to hydrolysis) is 1. The van der Waals surface area contributed by atoms with Crippen LogP contribution in [0.1, 0.15) is 43.3 Å². The van der Waals surface area contributed by atoms with Gasteiger partial charge >= 0.3 is 12.1 Å². The maximum atomic E-state index is 12.7. The Balaban J connectivity index is 2.14. The maximum Gasteiger partial charge on any atom is 0.408 e. The Morgan fingerprint density at radius 3 is 2.46 bits per heavy atom. The highest BCUT2D eigenvalue weighted by molar-refractivity contribution is 7.91. The summed E-state index contributed by atoms with van der Waals surface area (Å²) in [6.45, 7) is 5.20. The van der Waals surface area contributed by atoms with E-state index in [1.807, 2.05) is 0 Å². The summed E-state index contributed by atoms with van der Waals surface area (Å²) in [4.78, 5) is 23.6. The van der Waals surface area contributed by atoms with Gasteiger partial charge in [-0.1, -0.05) is 0 Å². The first-order valence-electron chi connectivity index (χ1n) is 7.38. The van der Waals surface area contributed by atoms with Crippen molar-refractivity contribution in [3.05, 3.63) is 16.3 Å². The molecule has 0 aliphatic heterocycles. The summed E-state index contributed by atoms with van der Waals surface area (Å²) in [6.07, 6.45) is 0.445. The first-order valence-corrected chi connectivity index (χ1v) is 9.91. The number of nitrogens with one attached hydrogen (secondary N) is 1. The van der Waals surface area contributed by atoms with E-state index in [0.29, 0.717) is 12.8 Å². The highest BCUT2D eigenvalue weighted by atomic mass is 32.2. The summed E-state index contributed by atoms with van der Waals surface area (Å²) in [5, 5.41) is 4.18. The molecule has 0 spiro atoms. The van der Waals surface area contributed by atoms with Crippen LogP contribution in [-0.4, -0.2) is 44.5 Å². The summed E-state index contributed by atoms with van der Waals surface area (Å²) in [5.41, 5.74) is -1.50. The van der Waals surface area contributed by atoms with Crippen LogP contribution in [0, 0.1) is 0 Å². The van der Waals surface area contributed by atoms with Crippen LogP contribution in [0.5, 0.6) is 0 Å². The lowest BCUT2D eigenvalue weighted by atomic mass is 10.2. The molecule has 0 aromatic carbocycles. The highest BCUT2D eigenvalue weighted by Crippen LogP contribution is 2.39. The number of sulfone groups is 1. The third-order valence-corrected chi connectivity index (χ3v) is 6.39. The molecule has 24 heavy (non-hydrogen) atoms. The summed E-state index contributed by atoms with van der Waals surface area (Å²) in [7, 11) is -2.55. The zero-order chi connectivity index (χ0) is 18.2. The van der Waals surface area contributed by atoms with Gasteiger partial charge in [-0.15, -0.1) is 11.3 Å². The molecule has 1 heterocycles. The second kappa shape index (κ2) is 6.36. The molecule has 2 rings (SSSR count). The number of thiophene rings is 1. The Labute approximate surface area is 145 Å². The summed E-state index contributed by atoms with van der Waals surface area (Å²) in [5.74, 6) is -0.964. The van der Waals surface area contributed by atoms with Crippen LogP contribution < -0.4 is 5.32 Å². The van der Waals surface area contributed by atoms with Gasteiger partial charge in [0.05, 0.1) is 23.3 Å². The van der Waals surface area contributed by atoms with Gasteiger partial charge in [-0.2, -0.15) is 0 Å². The van der Waals surface area contributed by atoms with E-state index >= 15 is 0 Å². The van der Waals surface area contributed by atoms with E-state index in [9.17, 15) is 18.0 Å². The van der Waals surface area contributed by atoms with E-state index in [2.05, 4.69) is 10.1 Å². The monoisotopic (exact) mass is 375 g/mol. The zero-order valence-electron chi connectivity index (χ0n) is 14.0. The molecule has 0 radical (unpaired) electrons. The van der Waals surface area contributed by atoms with Crippen molar-refractivity contribution in [3.8, 4) is 0 Å². The molecule has 1 aromatic rings. The Hall–Kier alpha value is -1.61. The van der Waals surface area contributed by atoms with Crippen LogP contribution in [0.4, 0.5) is 4.79 Å². The lowest BCUT2D eigenvalue weighted by molar-refractivity contribution is 0.0501. The molecule has 9 heteroatoms. The van der Waals surface area contributed by atoms with E-state index in [0.717, 1.165) is 11.3 Å². The molecule has 1 N–H and O–H groups in total. The standard InChI is InChI=1S/C15H21NO6S2/c1-14(2,3)22-13(18)16-15(6-7-15)9-24(19,20)10-5-8-23-11(10)12(17)21-4/h5,8H,6-7,9H2,1-4H3,(H,16,18). The predicted molar refractivity (Wildman–Crippen MR) is 89.0 cm³/mol. The molecule has 7 nitrogen and oxygen atoms in total. The predicted octanol–water partition coefficient (Wildman–Crippen LogP) is 2.37. The maximum absolute atomic E-state index is 12.7. The number of hydrogen-bond donors (Lipinski definition) is 1. The third kappa shape index (κ3) is 4.47. The third-order valence-electron chi connectivity index (χ3n) is 3.42. The van der Waals surface area contributed by atoms with Gasteiger partial charge in [-0.3, -0.25) is 0 Å². The van der Waals surface area contributed by atoms with Gasteiger partial charge in [0.25, 0.3) is 0 Å². The lowest BCUT2D eigenvalue weighted by Crippen LogP contribution is -2.44. The number of esters is 1. The number of methoxy groups -OCH3 is 1. The van der Waals surface area contributed by atoms with Crippen molar-refractivity contribution in [1.82, 2.24) is 5.32 Å². The molecule has 1 fully saturated rings. The van der Waals surface area contributed by atoms with Crippen molar-refractivity contribution in [1.29, 1.82) is 0 Å². The van der Waals surface area contributed by atoms with Crippen molar-refractivity contribution in [2.24, 2.45) is 0 Å². The van der Waals surface area contributed by atoms with Crippen LogP contribution in [0.3, 0.4) is 0 Å². The fourth-order valence-corrected chi connectivity index (χ4v) is 5.40. The van der Waals surface area contributed by atoms with Gasteiger partial charge < -0.3 is 14.8 Å². The molecule has 0 atom stereocenters. The first kappa shape index (κ1) is 18.7. The molecule has 1 aromatic heterocycles. The Morgan fingerprint density at radius 2 is 1.96 bits per heavy atom. The van der Waals surface area contributed by atoms with Crippen LogP contribution in [0.15, 0.2) is 16.3 Å². The largest absolute Gasteiger partial charge is 0.465 e. The van der Waals surface area contributed by atoms with Gasteiger partial charge in [0, 0.05) is 0 Å². The van der Waals surface area contributed by atoms with Crippen molar-refractivity contribution in [3.63, 3.8) is 0 Å². The normalized spacial score (nSPS) is 16.3. The van der Waals surface area contributed by atoms with Crippen molar-refractivity contribution in [2.75, 3.05) is 12.9 Å². The topological polar surface area (TPSA) is 98.8 Å². The average Bonchev–Trinajstić information content (AvgIpc) is 2.98. The number of carbonyl (C=O) groups is 2. The molecule has 0 saturated heterocycles. The smallest absolute Gasteiger partial charge is 0.408 e. The van der Waals surface area contributed by atoms with Gasteiger partial charge in [0.15, 0.2) is 9.84 Å². The van der Waals surface area contributed by atoms with Crippen molar-refractivity contribution >= 4 is 33.2 Å². The molecular formula is C15H21NO6S2. The fourth-order valence-electron chi connectivity index (χ4n) is 2.20. The summed E-state index contributed by atoms with van der Waals surface area (Å²) >= 11 is 1.01. The molecule has 134 valence electrons. The molecule has 1 saturated carbocycles. The summed E-state index contributed by atoms with van der Waals surface area (Å²) in [6, 6.07) is 1.38. The van der Waals surface area contributed by atoms with E-state index in [1.54, 1.807) is 20.8 Å². The van der Waals surface area contributed by atoms with Crippen LogP contribution >= 0.6 is 11.3 Å². The highest BCUT2D eigenvalue weighted by Gasteiger charge is 2.49. The number of amides is 1. The minimum atomic E-state index is -3.75. The van der Waals surface area contributed by atoms with Gasteiger partial charge in [0.1, 0.15) is 10.5 Å². The lowest BCUT2D eigenvalue weighted by Gasteiger charge is -2.23. The molecule has 1 aliphatic carbocycles. The quantitative estimate of drug-likeness (QED) is 0.793. The van der Waals surface area contributed by atoms with E-state index < -0.39 is 33.0 Å². The summed E-state index contributed by atoms with van der Waals surface area (Å²) < 4.78 is 35.1. The minimum Gasteiger partial charge on any atom is -0.465 e. The first-order chi connectivity index (χ1) is 11.0. The van der Waals surface area contributed by atoms with Crippen LogP contribution in [-0.2, 0) is 19.3 Å². The molecule has 0 unspecified atom stereocenters. The molecule has 0 bridgehead atoms. The molecule has 1 aliphatic rings. The van der Waals surface area contributed by atoms with E-state index in [1.165, 1.54) is 18.6 Å². The fraction of sp³-hybridized carbons (Fsp3) is 0.600. The van der Waals surface area contributed by atoms with Crippen molar-refractivity contribution < 1.29 is 27.5 Å². The molecule has 1 amide bonds. The number of carbonyl (C=O) groups excluding carboxylic acids is 2. The van der Waals surface area contributed by atoms with Gasteiger partial charge in [-0.25, -0.2) is 18.0 Å². The number of hydrogen-bond acceptors (Lipinski definition) is 7. The number of ether oxygens (including phenoxy) is 2. The van der Waals surface area contributed by atoms with E-state index in [4.69, 9.17) is 4.74 Å². The number of rotatable bonds is 5.